The number of carbonyl (C=O) groups excluding carboxylic acids is 1. The van der Waals surface area contributed by atoms with Gasteiger partial charge in [-0.15, -0.1) is 0 Å². The second kappa shape index (κ2) is 7.31. The molecule has 2 atom stereocenters. The minimum absolute atomic E-state index is 0.102. The molecule has 4 nitrogen and oxygen atoms in total. The van der Waals surface area contributed by atoms with Crippen LogP contribution in [0.1, 0.15) is 52.9 Å². The van der Waals surface area contributed by atoms with E-state index in [1.54, 1.807) is 0 Å². The van der Waals surface area contributed by atoms with Gasteiger partial charge in [0.1, 0.15) is 0 Å². The lowest BCUT2D eigenvalue weighted by atomic mass is 9.76. The average Bonchev–Trinajstić information content (AvgIpc) is 2.36. The first-order valence-electron chi connectivity index (χ1n) is 7.13. The molecule has 2 unspecified atom stereocenters. The van der Waals surface area contributed by atoms with Crippen LogP contribution in [0.25, 0.3) is 0 Å². The van der Waals surface area contributed by atoms with Gasteiger partial charge < -0.3 is 10.4 Å². The second-order valence-electron chi connectivity index (χ2n) is 5.52. The minimum Gasteiger partial charge on any atom is -0.481 e. The minimum atomic E-state index is -0.861. The van der Waals surface area contributed by atoms with Crippen molar-refractivity contribution in [2.24, 2.45) is 11.8 Å². The molecule has 0 fully saturated rings. The lowest BCUT2D eigenvalue weighted by Gasteiger charge is -2.29. The Morgan fingerprint density at radius 3 is 2.26 bits per heavy atom. The molecule has 4 heteroatoms. The van der Waals surface area contributed by atoms with Crippen LogP contribution >= 0.6 is 0 Å². The fourth-order valence-electron chi connectivity index (χ4n) is 2.55. The molecule has 1 aliphatic carbocycles. The highest BCUT2D eigenvalue weighted by atomic mass is 16.4. The molecule has 0 spiro atoms. The summed E-state index contributed by atoms with van der Waals surface area (Å²) in [7, 11) is 0. The Bertz CT molecular complexity index is 374. The van der Waals surface area contributed by atoms with Gasteiger partial charge in [-0.1, -0.05) is 30.9 Å². The van der Waals surface area contributed by atoms with Crippen LogP contribution in [0.3, 0.4) is 0 Å². The summed E-state index contributed by atoms with van der Waals surface area (Å²) < 4.78 is 0. The van der Waals surface area contributed by atoms with E-state index in [4.69, 9.17) is 0 Å². The van der Waals surface area contributed by atoms with Crippen molar-refractivity contribution >= 4 is 11.9 Å². The normalized spacial score (nSPS) is 23.3. The molecule has 2 N–H and O–H groups in total. The number of carbonyl (C=O) groups is 2. The van der Waals surface area contributed by atoms with Gasteiger partial charge in [0.05, 0.1) is 11.8 Å². The van der Waals surface area contributed by atoms with Gasteiger partial charge in [-0.05, 0) is 33.1 Å². The zero-order chi connectivity index (χ0) is 14.4. The van der Waals surface area contributed by atoms with Gasteiger partial charge in [-0.3, -0.25) is 9.59 Å². The van der Waals surface area contributed by atoms with Crippen LogP contribution in [0.5, 0.6) is 0 Å². The smallest absolute Gasteiger partial charge is 0.307 e. The van der Waals surface area contributed by atoms with Crippen LogP contribution in [-0.2, 0) is 9.59 Å². The highest BCUT2D eigenvalue weighted by molar-refractivity contribution is 5.85. The number of hydrogen-bond acceptors (Lipinski definition) is 2. The predicted molar refractivity (Wildman–Crippen MR) is 74.8 cm³/mol. The Morgan fingerprint density at radius 2 is 1.74 bits per heavy atom. The van der Waals surface area contributed by atoms with E-state index in [0.717, 1.165) is 30.4 Å². The number of nitrogens with one attached hydrogen (secondary N) is 1. The van der Waals surface area contributed by atoms with Crippen LogP contribution < -0.4 is 5.32 Å². The van der Waals surface area contributed by atoms with Crippen molar-refractivity contribution in [3.8, 4) is 0 Å². The molecule has 0 aromatic rings. The Hall–Kier alpha value is -1.32. The van der Waals surface area contributed by atoms with Crippen molar-refractivity contribution in [3.63, 3.8) is 0 Å². The summed E-state index contributed by atoms with van der Waals surface area (Å²) >= 11 is 0. The molecule has 108 valence electrons. The molecule has 0 saturated heterocycles. The van der Waals surface area contributed by atoms with E-state index < -0.39 is 17.8 Å². The summed E-state index contributed by atoms with van der Waals surface area (Å²) in [5.41, 5.74) is 2.27. The largest absolute Gasteiger partial charge is 0.481 e. The van der Waals surface area contributed by atoms with E-state index >= 15 is 0 Å². The summed E-state index contributed by atoms with van der Waals surface area (Å²) in [6, 6.07) is 0. The third kappa shape index (κ3) is 4.37. The number of carboxylic acids is 1. The van der Waals surface area contributed by atoms with Gasteiger partial charge in [0.25, 0.3) is 0 Å². The Kier molecular flexibility index (Phi) is 6.06. The summed E-state index contributed by atoms with van der Waals surface area (Å²) in [5.74, 6) is -1.95. The fourth-order valence-corrected chi connectivity index (χ4v) is 2.55. The summed E-state index contributed by atoms with van der Waals surface area (Å²) in [6.07, 6.45) is 4.22. The molecular weight excluding hydrogens is 242 g/mol. The van der Waals surface area contributed by atoms with Gasteiger partial charge in [0.2, 0.25) is 5.91 Å². The number of allylic oxidation sites excluding steroid dienone is 2. The first kappa shape index (κ1) is 15.7. The number of hydrogen-bond donors (Lipinski definition) is 2. The van der Waals surface area contributed by atoms with E-state index in [0.29, 0.717) is 19.4 Å². The van der Waals surface area contributed by atoms with Crippen molar-refractivity contribution in [2.75, 3.05) is 6.54 Å². The lowest BCUT2D eigenvalue weighted by Crippen LogP contribution is -2.40. The molecule has 0 aromatic carbocycles. The molecule has 0 bridgehead atoms. The summed E-state index contributed by atoms with van der Waals surface area (Å²) in [4.78, 5) is 23.4. The third-order valence-electron chi connectivity index (χ3n) is 4.00. The van der Waals surface area contributed by atoms with Crippen molar-refractivity contribution in [1.29, 1.82) is 0 Å². The maximum Gasteiger partial charge on any atom is 0.307 e. The maximum atomic E-state index is 12.1. The standard InChI is InChI=1S/C15H25NO3/c1-4-5-6-7-16-14(17)12-8-10(2)11(3)9-13(12)15(18)19/h12-13H,4-9H2,1-3H3,(H,16,17)(H,18,19). The molecule has 0 saturated carbocycles. The number of carboxylic acid groups (broad SMARTS) is 1. The summed E-state index contributed by atoms with van der Waals surface area (Å²) in [6.45, 7) is 6.71. The van der Waals surface area contributed by atoms with Crippen LogP contribution in [0, 0.1) is 11.8 Å². The first-order valence-corrected chi connectivity index (χ1v) is 7.13. The van der Waals surface area contributed by atoms with Crippen molar-refractivity contribution in [2.45, 2.75) is 52.9 Å². The third-order valence-corrected chi connectivity index (χ3v) is 4.00. The van der Waals surface area contributed by atoms with Crippen LogP contribution in [0.4, 0.5) is 0 Å². The Balaban J connectivity index is 2.62. The van der Waals surface area contributed by atoms with Gasteiger partial charge >= 0.3 is 5.97 Å². The first-order chi connectivity index (χ1) is 8.97. The average molecular weight is 267 g/mol. The van der Waals surface area contributed by atoms with Gasteiger partial charge in [0, 0.05) is 6.54 Å². The quantitative estimate of drug-likeness (QED) is 0.574. The van der Waals surface area contributed by atoms with E-state index in [9.17, 15) is 14.7 Å². The molecule has 1 rings (SSSR count). The zero-order valence-corrected chi connectivity index (χ0v) is 12.2. The fraction of sp³-hybridized carbons (Fsp3) is 0.733. The van der Waals surface area contributed by atoms with Crippen molar-refractivity contribution in [3.05, 3.63) is 11.1 Å². The van der Waals surface area contributed by atoms with Crippen molar-refractivity contribution < 1.29 is 14.7 Å². The highest BCUT2D eigenvalue weighted by Gasteiger charge is 2.36. The van der Waals surface area contributed by atoms with Gasteiger partial charge in [0.15, 0.2) is 0 Å². The molecule has 1 aliphatic rings. The molecule has 0 heterocycles. The monoisotopic (exact) mass is 267 g/mol. The van der Waals surface area contributed by atoms with Gasteiger partial charge in [-0.25, -0.2) is 0 Å². The second-order valence-corrected chi connectivity index (χ2v) is 5.52. The highest BCUT2D eigenvalue weighted by Crippen LogP contribution is 2.34. The molecule has 0 aromatic heterocycles. The number of rotatable bonds is 6. The van der Waals surface area contributed by atoms with Crippen molar-refractivity contribution in [1.82, 2.24) is 5.32 Å². The predicted octanol–water partition coefficient (Wildman–Crippen LogP) is 2.74. The van der Waals surface area contributed by atoms with Gasteiger partial charge in [-0.2, -0.15) is 0 Å². The Labute approximate surface area is 115 Å². The van der Waals surface area contributed by atoms with E-state index in [1.807, 2.05) is 13.8 Å². The lowest BCUT2D eigenvalue weighted by molar-refractivity contribution is -0.147. The van der Waals surface area contributed by atoms with Crippen LogP contribution in [0.2, 0.25) is 0 Å². The molecule has 1 amide bonds. The molecule has 0 aliphatic heterocycles. The van der Waals surface area contributed by atoms with E-state index in [2.05, 4.69) is 12.2 Å². The number of unbranched alkanes of at least 4 members (excludes halogenated alkanes) is 2. The van der Waals surface area contributed by atoms with E-state index in [1.165, 1.54) is 0 Å². The SMILES string of the molecule is CCCCCNC(=O)C1CC(C)=C(C)CC1C(=O)O. The zero-order valence-electron chi connectivity index (χ0n) is 12.2. The molecular formula is C15H25NO3. The maximum absolute atomic E-state index is 12.1. The molecule has 19 heavy (non-hydrogen) atoms. The summed E-state index contributed by atoms with van der Waals surface area (Å²) in [5, 5.41) is 12.2. The van der Waals surface area contributed by atoms with Crippen LogP contribution in [0.15, 0.2) is 11.1 Å². The molecule has 0 radical (unpaired) electrons. The Morgan fingerprint density at radius 1 is 1.16 bits per heavy atom. The van der Waals surface area contributed by atoms with Crippen LogP contribution in [-0.4, -0.2) is 23.5 Å². The number of amides is 1. The number of aliphatic carboxylic acids is 1. The van der Waals surface area contributed by atoms with E-state index in [-0.39, 0.29) is 5.91 Å². The topological polar surface area (TPSA) is 66.4 Å².